The van der Waals surface area contributed by atoms with Crippen molar-refractivity contribution in [3.8, 4) is 0 Å². The summed E-state index contributed by atoms with van der Waals surface area (Å²) in [5.41, 5.74) is 0.794. The molecule has 0 fully saturated rings. The van der Waals surface area contributed by atoms with Crippen LogP contribution in [-0.4, -0.2) is 51.3 Å². The fourth-order valence-electron chi connectivity index (χ4n) is 2.76. The Kier molecular flexibility index (Phi) is 9.24. The summed E-state index contributed by atoms with van der Waals surface area (Å²) in [6.07, 6.45) is 0. The third kappa shape index (κ3) is 5.64. The van der Waals surface area contributed by atoms with Crippen LogP contribution in [0, 0.1) is 0 Å². The van der Waals surface area contributed by atoms with Gasteiger partial charge in [0.05, 0.1) is 0 Å². The second-order valence-corrected chi connectivity index (χ2v) is 9.60. The number of likely N-dealkylation sites (N-methyl/N-ethyl adjacent to an activating group) is 1. The van der Waals surface area contributed by atoms with Crippen molar-refractivity contribution in [3.05, 3.63) is 71.8 Å². The summed E-state index contributed by atoms with van der Waals surface area (Å²) < 4.78 is 0. The van der Waals surface area contributed by atoms with Crippen LogP contribution in [0.15, 0.2) is 60.7 Å². The van der Waals surface area contributed by atoms with E-state index < -0.39 is 16.0 Å². The number of Topliss-reactive ketones (excluding diaryl/α,β-unsaturated/α-hetero) is 2. The quantitative estimate of drug-likeness (QED) is 0.207. The number of hydrogen-bond acceptors (Lipinski definition) is 6. The average molecular weight is 470 g/mol. The van der Waals surface area contributed by atoms with Gasteiger partial charge in [0.25, 0.3) is 0 Å². The molecule has 0 aliphatic heterocycles. The lowest BCUT2D eigenvalue weighted by Crippen LogP contribution is -2.59. The van der Waals surface area contributed by atoms with Gasteiger partial charge in [-0.05, 0) is 17.8 Å². The summed E-state index contributed by atoms with van der Waals surface area (Å²) in [5, 5.41) is -1.45. The molecule has 8 heteroatoms. The summed E-state index contributed by atoms with van der Waals surface area (Å²) in [5.74, 6) is -0.516. The highest BCUT2D eigenvalue weighted by Crippen LogP contribution is 2.46. The second kappa shape index (κ2) is 11.2. The van der Waals surface area contributed by atoms with E-state index in [0.29, 0.717) is 17.7 Å². The molecule has 2 rings (SSSR count). The summed E-state index contributed by atoms with van der Waals surface area (Å²) in [6, 6.07) is 17.2. The number of benzene rings is 2. The molecule has 0 saturated heterocycles. The van der Waals surface area contributed by atoms with Gasteiger partial charge in [-0.25, -0.2) is 0 Å². The SMILES string of the molecule is CC(=O)SSC(C(=O)c1ccccc1)(C(Cl)C(=O)c1ccccc1)N(C)CCCl. The van der Waals surface area contributed by atoms with Crippen molar-refractivity contribution in [2.45, 2.75) is 17.2 Å². The van der Waals surface area contributed by atoms with Crippen molar-refractivity contribution in [1.29, 1.82) is 0 Å². The van der Waals surface area contributed by atoms with Gasteiger partial charge in [0.1, 0.15) is 5.38 Å². The fourth-order valence-corrected chi connectivity index (χ4v) is 6.18. The van der Waals surface area contributed by atoms with Crippen LogP contribution in [-0.2, 0) is 4.79 Å². The normalized spacial score (nSPS) is 14.2. The molecule has 0 amide bonds. The zero-order valence-corrected chi connectivity index (χ0v) is 19.2. The van der Waals surface area contributed by atoms with Crippen molar-refractivity contribution < 1.29 is 14.4 Å². The van der Waals surface area contributed by atoms with E-state index in [1.165, 1.54) is 6.92 Å². The van der Waals surface area contributed by atoms with Crippen molar-refractivity contribution >= 4 is 61.5 Å². The summed E-state index contributed by atoms with van der Waals surface area (Å²) in [7, 11) is 3.57. The Bertz CT molecular complexity index is 852. The zero-order valence-electron chi connectivity index (χ0n) is 16.0. The van der Waals surface area contributed by atoms with Crippen LogP contribution in [0.3, 0.4) is 0 Å². The maximum absolute atomic E-state index is 13.7. The molecule has 0 heterocycles. The van der Waals surface area contributed by atoms with Crippen LogP contribution in [0.5, 0.6) is 0 Å². The number of halogens is 2. The van der Waals surface area contributed by atoms with Crippen LogP contribution in [0.4, 0.5) is 0 Å². The van der Waals surface area contributed by atoms with Crippen LogP contribution in [0.25, 0.3) is 0 Å². The van der Waals surface area contributed by atoms with Crippen molar-refractivity contribution in [3.63, 3.8) is 0 Å². The molecule has 4 nitrogen and oxygen atoms in total. The van der Waals surface area contributed by atoms with Crippen molar-refractivity contribution in [1.82, 2.24) is 4.90 Å². The van der Waals surface area contributed by atoms with E-state index in [1.807, 2.05) is 0 Å². The Labute approximate surface area is 188 Å². The molecule has 0 saturated carbocycles. The van der Waals surface area contributed by atoms with Crippen LogP contribution < -0.4 is 0 Å². The molecule has 0 bridgehead atoms. The molecular formula is C21H21Cl2NO3S2. The molecule has 2 atom stereocenters. The number of rotatable bonds is 10. The van der Waals surface area contributed by atoms with E-state index in [-0.39, 0.29) is 16.8 Å². The Hall–Kier alpha value is -1.31. The minimum absolute atomic E-state index is 0.199. The smallest absolute Gasteiger partial charge is 0.196 e. The predicted molar refractivity (Wildman–Crippen MR) is 123 cm³/mol. The fraction of sp³-hybridized carbons (Fsp3) is 0.286. The highest BCUT2D eigenvalue weighted by molar-refractivity contribution is 8.82. The molecule has 2 aromatic rings. The van der Waals surface area contributed by atoms with Gasteiger partial charge < -0.3 is 0 Å². The third-order valence-electron chi connectivity index (χ3n) is 4.27. The van der Waals surface area contributed by atoms with Gasteiger partial charge >= 0.3 is 0 Å². The molecular weight excluding hydrogens is 449 g/mol. The number of carbonyl (C=O) groups is 3. The third-order valence-corrected chi connectivity index (χ3v) is 8.10. The first-order chi connectivity index (χ1) is 13.8. The monoisotopic (exact) mass is 469 g/mol. The molecule has 0 aliphatic carbocycles. The van der Waals surface area contributed by atoms with Crippen LogP contribution >= 0.6 is 44.8 Å². The number of alkyl halides is 2. The molecule has 0 aliphatic rings. The summed E-state index contributed by atoms with van der Waals surface area (Å²) in [6.45, 7) is 1.70. The Balaban J connectivity index is 2.60. The minimum Gasteiger partial charge on any atom is -0.292 e. The topological polar surface area (TPSA) is 54.5 Å². The highest BCUT2D eigenvalue weighted by Gasteiger charge is 2.53. The van der Waals surface area contributed by atoms with Gasteiger partial charge in [0.2, 0.25) is 0 Å². The molecule has 2 aromatic carbocycles. The van der Waals surface area contributed by atoms with Crippen molar-refractivity contribution in [2.75, 3.05) is 19.5 Å². The Morgan fingerprint density at radius 2 is 1.52 bits per heavy atom. The van der Waals surface area contributed by atoms with E-state index in [0.717, 1.165) is 21.6 Å². The molecule has 0 N–H and O–H groups in total. The first-order valence-corrected chi connectivity index (χ1v) is 11.9. The van der Waals surface area contributed by atoms with Gasteiger partial charge in [0.15, 0.2) is 21.6 Å². The molecule has 0 aromatic heterocycles. The highest BCUT2D eigenvalue weighted by atomic mass is 35.5. The minimum atomic E-state index is -1.53. The largest absolute Gasteiger partial charge is 0.292 e. The molecule has 0 spiro atoms. The van der Waals surface area contributed by atoms with Gasteiger partial charge in [-0.2, -0.15) is 0 Å². The summed E-state index contributed by atoms with van der Waals surface area (Å²) >= 11 is 12.7. The number of nitrogens with zero attached hydrogens (tertiary/aromatic N) is 1. The van der Waals surface area contributed by atoms with E-state index in [4.69, 9.17) is 23.2 Å². The second-order valence-electron chi connectivity index (χ2n) is 6.25. The van der Waals surface area contributed by atoms with Crippen LogP contribution in [0.2, 0.25) is 0 Å². The predicted octanol–water partition coefficient (Wildman–Crippen LogP) is 5.15. The van der Waals surface area contributed by atoms with Crippen LogP contribution in [0.1, 0.15) is 27.6 Å². The lowest BCUT2D eigenvalue weighted by molar-refractivity contribution is -0.109. The molecule has 154 valence electrons. The maximum Gasteiger partial charge on any atom is 0.196 e. The van der Waals surface area contributed by atoms with Gasteiger partial charge in [-0.3, -0.25) is 19.3 Å². The first kappa shape index (κ1) is 24.0. The Morgan fingerprint density at radius 3 is 2.00 bits per heavy atom. The lowest BCUT2D eigenvalue weighted by atomic mass is 9.94. The van der Waals surface area contributed by atoms with Gasteiger partial charge in [-0.15, -0.1) is 23.2 Å². The maximum atomic E-state index is 13.7. The van der Waals surface area contributed by atoms with Gasteiger partial charge in [0, 0.05) is 30.5 Å². The first-order valence-electron chi connectivity index (χ1n) is 8.81. The van der Waals surface area contributed by atoms with E-state index in [9.17, 15) is 14.4 Å². The van der Waals surface area contributed by atoms with Crippen molar-refractivity contribution in [2.24, 2.45) is 0 Å². The number of ketones is 2. The zero-order chi connectivity index (χ0) is 21.4. The molecule has 0 radical (unpaired) electrons. The number of hydrogen-bond donors (Lipinski definition) is 0. The summed E-state index contributed by atoms with van der Waals surface area (Å²) in [4.78, 5) is 38.8. The Morgan fingerprint density at radius 1 is 1.00 bits per heavy atom. The standard InChI is InChI=1S/C21H21Cl2NO3S2/c1-15(25)28-29-21(24(2)14-13-22,20(27)17-11-7-4-8-12-17)19(23)18(26)16-9-5-3-6-10-16/h3-12,19H,13-14H2,1-2H3. The number of carbonyl (C=O) groups excluding carboxylic acids is 3. The molecule has 2 unspecified atom stereocenters. The van der Waals surface area contributed by atoms with Gasteiger partial charge in [-0.1, -0.05) is 71.5 Å². The van der Waals surface area contributed by atoms with E-state index >= 15 is 0 Å². The lowest BCUT2D eigenvalue weighted by Gasteiger charge is -2.41. The van der Waals surface area contributed by atoms with E-state index in [2.05, 4.69) is 0 Å². The molecule has 29 heavy (non-hydrogen) atoms. The van der Waals surface area contributed by atoms with E-state index in [1.54, 1.807) is 72.6 Å². The average Bonchev–Trinajstić information content (AvgIpc) is 2.74.